The van der Waals surface area contributed by atoms with Crippen LogP contribution in [0.25, 0.3) is 0 Å². The molecule has 4 nitrogen and oxygen atoms in total. The highest BCUT2D eigenvalue weighted by atomic mass is 16.5. The lowest BCUT2D eigenvalue weighted by Crippen LogP contribution is -2.44. The van der Waals surface area contributed by atoms with Crippen molar-refractivity contribution in [3.05, 3.63) is 0 Å². The van der Waals surface area contributed by atoms with E-state index < -0.39 is 0 Å². The topological polar surface area (TPSA) is 50.4 Å². The van der Waals surface area contributed by atoms with Gasteiger partial charge >= 0.3 is 0 Å². The summed E-state index contributed by atoms with van der Waals surface area (Å²) in [5.41, 5.74) is 0. The third-order valence-corrected chi connectivity index (χ3v) is 2.80. The van der Waals surface area contributed by atoms with Crippen LogP contribution in [0.4, 0.5) is 0 Å². The van der Waals surface area contributed by atoms with Gasteiger partial charge in [-0.1, -0.05) is 6.92 Å². The van der Waals surface area contributed by atoms with Gasteiger partial charge < -0.3 is 15.4 Å². The highest BCUT2D eigenvalue weighted by Crippen LogP contribution is 2.13. The van der Waals surface area contributed by atoms with Crippen molar-refractivity contribution >= 4 is 5.91 Å². The monoisotopic (exact) mass is 238 g/mol. The number of ether oxygens (including phenoxy) is 1. The SMILES string of the molecule is CC#CCCNC(=O)C1COCC1NCCC. The maximum atomic E-state index is 11.9. The van der Waals surface area contributed by atoms with Crippen LogP contribution in [0.2, 0.25) is 0 Å². The van der Waals surface area contributed by atoms with Gasteiger partial charge in [0.25, 0.3) is 0 Å². The standard InChI is InChI=1S/C13H22N2O2/c1-3-5-6-8-15-13(16)11-9-17-10-12(11)14-7-4-2/h11-12,14H,4,6-10H2,1-2H3,(H,15,16). The first-order chi connectivity index (χ1) is 8.29. The fourth-order valence-electron chi connectivity index (χ4n) is 1.85. The molecular weight excluding hydrogens is 216 g/mol. The van der Waals surface area contributed by atoms with Crippen molar-refractivity contribution in [1.29, 1.82) is 0 Å². The maximum absolute atomic E-state index is 11.9. The molecule has 2 N–H and O–H groups in total. The Morgan fingerprint density at radius 3 is 2.94 bits per heavy atom. The van der Waals surface area contributed by atoms with Crippen LogP contribution < -0.4 is 10.6 Å². The van der Waals surface area contributed by atoms with Gasteiger partial charge in [-0.15, -0.1) is 11.8 Å². The highest BCUT2D eigenvalue weighted by Gasteiger charge is 2.33. The summed E-state index contributed by atoms with van der Waals surface area (Å²) in [6, 6.07) is 0.159. The Kier molecular flexibility index (Phi) is 6.68. The van der Waals surface area contributed by atoms with E-state index in [2.05, 4.69) is 29.4 Å². The Morgan fingerprint density at radius 1 is 1.41 bits per heavy atom. The van der Waals surface area contributed by atoms with Crippen LogP contribution in [0.1, 0.15) is 26.7 Å². The molecule has 0 aliphatic carbocycles. The molecular formula is C13H22N2O2. The van der Waals surface area contributed by atoms with Gasteiger partial charge in [0.1, 0.15) is 0 Å². The molecule has 2 atom stereocenters. The molecule has 1 rings (SSSR count). The summed E-state index contributed by atoms with van der Waals surface area (Å²) < 4.78 is 5.36. The number of hydrogen-bond acceptors (Lipinski definition) is 3. The molecule has 0 aromatic rings. The molecule has 0 bridgehead atoms. The molecule has 0 spiro atoms. The average molecular weight is 238 g/mol. The summed E-state index contributed by atoms with van der Waals surface area (Å²) in [6.45, 7) is 6.62. The summed E-state index contributed by atoms with van der Waals surface area (Å²) >= 11 is 0. The Morgan fingerprint density at radius 2 is 2.24 bits per heavy atom. The van der Waals surface area contributed by atoms with E-state index in [1.165, 1.54) is 0 Å². The second-order valence-corrected chi connectivity index (χ2v) is 4.17. The lowest BCUT2D eigenvalue weighted by atomic mass is 10.0. The van der Waals surface area contributed by atoms with E-state index in [4.69, 9.17) is 4.74 Å². The number of carbonyl (C=O) groups is 1. The third-order valence-electron chi connectivity index (χ3n) is 2.80. The first-order valence-electron chi connectivity index (χ1n) is 6.28. The van der Waals surface area contributed by atoms with Gasteiger partial charge in [0.2, 0.25) is 5.91 Å². The van der Waals surface area contributed by atoms with Gasteiger partial charge in [-0.25, -0.2) is 0 Å². The quantitative estimate of drug-likeness (QED) is 0.524. The van der Waals surface area contributed by atoms with E-state index in [1.807, 2.05) is 0 Å². The van der Waals surface area contributed by atoms with E-state index >= 15 is 0 Å². The molecule has 1 aliphatic rings. The molecule has 96 valence electrons. The van der Waals surface area contributed by atoms with Gasteiger partial charge in [-0.2, -0.15) is 0 Å². The molecule has 1 heterocycles. The van der Waals surface area contributed by atoms with Crippen molar-refractivity contribution in [2.45, 2.75) is 32.7 Å². The largest absolute Gasteiger partial charge is 0.379 e. The Bertz CT molecular complexity index is 294. The molecule has 1 aliphatic heterocycles. The summed E-state index contributed by atoms with van der Waals surface area (Å²) in [5, 5.41) is 6.25. The minimum absolute atomic E-state index is 0.0591. The molecule has 0 aromatic heterocycles. The molecule has 2 unspecified atom stereocenters. The summed E-state index contributed by atoms with van der Waals surface area (Å²) in [7, 11) is 0. The summed E-state index contributed by atoms with van der Waals surface area (Å²) in [4.78, 5) is 11.9. The summed E-state index contributed by atoms with van der Waals surface area (Å²) in [5.74, 6) is 5.76. The van der Waals surface area contributed by atoms with Crippen LogP contribution in [0, 0.1) is 17.8 Å². The Balaban J connectivity index is 2.30. The van der Waals surface area contributed by atoms with Gasteiger partial charge in [0.15, 0.2) is 0 Å². The molecule has 1 fully saturated rings. The lowest BCUT2D eigenvalue weighted by molar-refractivity contribution is -0.125. The van der Waals surface area contributed by atoms with E-state index in [1.54, 1.807) is 6.92 Å². The van der Waals surface area contributed by atoms with Crippen LogP contribution in [-0.4, -0.2) is 38.3 Å². The van der Waals surface area contributed by atoms with Crippen LogP contribution in [0.5, 0.6) is 0 Å². The van der Waals surface area contributed by atoms with Gasteiger partial charge in [-0.3, -0.25) is 4.79 Å². The predicted molar refractivity (Wildman–Crippen MR) is 67.5 cm³/mol. The van der Waals surface area contributed by atoms with Gasteiger partial charge in [0.05, 0.1) is 19.1 Å². The minimum Gasteiger partial charge on any atom is -0.379 e. The van der Waals surface area contributed by atoms with E-state index in [-0.39, 0.29) is 17.9 Å². The number of hydrogen-bond donors (Lipinski definition) is 2. The normalized spacial score (nSPS) is 22.9. The zero-order valence-electron chi connectivity index (χ0n) is 10.7. The number of rotatable bonds is 6. The highest BCUT2D eigenvalue weighted by molar-refractivity contribution is 5.79. The third kappa shape index (κ3) is 4.76. The fourth-order valence-corrected chi connectivity index (χ4v) is 1.85. The zero-order valence-corrected chi connectivity index (χ0v) is 10.7. The van der Waals surface area contributed by atoms with Crippen LogP contribution in [0.15, 0.2) is 0 Å². The minimum atomic E-state index is -0.0591. The molecule has 1 saturated heterocycles. The lowest BCUT2D eigenvalue weighted by Gasteiger charge is -2.18. The van der Waals surface area contributed by atoms with Crippen LogP contribution in [0.3, 0.4) is 0 Å². The molecule has 0 radical (unpaired) electrons. The van der Waals surface area contributed by atoms with Crippen LogP contribution >= 0.6 is 0 Å². The maximum Gasteiger partial charge on any atom is 0.227 e. The summed E-state index contributed by atoms with van der Waals surface area (Å²) in [6.07, 6.45) is 1.78. The second-order valence-electron chi connectivity index (χ2n) is 4.17. The van der Waals surface area contributed by atoms with Crippen molar-refractivity contribution in [3.63, 3.8) is 0 Å². The predicted octanol–water partition coefficient (Wildman–Crippen LogP) is 0.531. The second kappa shape index (κ2) is 8.10. The van der Waals surface area contributed by atoms with Crippen molar-refractivity contribution < 1.29 is 9.53 Å². The fraction of sp³-hybridized carbons (Fsp3) is 0.769. The van der Waals surface area contributed by atoms with Crippen molar-refractivity contribution in [3.8, 4) is 11.8 Å². The van der Waals surface area contributed by atoms with Crippen LogP contribution in [-0.2, 0) is 9.53 Å². The van der Waals surface area contributed by atoms with Crippen molar-refractivity contribution in [2.75, 3.05) is 26.3 Å². The average Bonchev–Trinajstić information content (AvgIpc) is 2.80. The van der Waals surface area contributed by atoms with Gasteiger partial charge in [-0.05, 0) is 19.9 Å². The number of nitrogens with one attached hydrogen (secondary N) is 2. The molecule has 17 heavy (non-hydrogen) atoms. The number of carbonyl (C=O) groups excluding carboxylic acids is 1. The smallest absolute Gasteiger partial charge is 0.227 e. The Labute approximate surface area is 103 Å². The molecule has 0 saturated carbocycles. The van der Waals surface area contributed by atoms with E-state index in [0.29, 0.717) is 26.2 Å². The van der Waals surface area contributed by atoms with Crippen molar-refractivity contribution in [1.82, 2.24) is 10.6 Å². The number of amides is 1. The Hall–Kier alpha value is -1.05. The van der Waals surface area contributed by atoms with E-state index in [9.17, 15) is 4.79 Å². The molecule has 0 aromatic carbocycles. The van der Waals surface area contributed by atoms with E-state index in [0.717, 1.165) is 13.0 Å². The van der Waals surface area contributed by atoms with Crippen molar-refractivity contribution in [2.24, 2.45) is 5.92 Å². The first-order valence-corrected chi connectivity index (χ1v) is 6.28. The molecule has 1 amide bonds. The first kappa shape index (κ1) is 14.0. The van der Waals surface area contributed by atoms with Gasteiger partial charge in [0, 0.05) is 19.0 Å². The molecule has 4 heteroatoms. The zero-order chi connectivity index (χ0) is 12.5.